The number of amides is 1. The molecule has 2 fully saturated rings. The van der Waals surface area contributed by atoms with Gasteiger partial charge < -0.3 is 15.7 Å². The summed E-state index contributed by atoms with van der Waals surface area (Å²) >= 11 is 0. The van der Waals surface area contributed by atoms with Crippen molar-refractivity contribution in [3.63, 3.8) is 0 Å². The first-order valence-electron chi connectivity index (χ1n) is 6.19. The van der Waals surface area contributed by atoms with Crippen LogP contribution in [0.4, 0.5) is 0 Å². The second-order valence-corrected chi connectivity index (χ2v) is 5.77. The highest BCUT2D eigenvalue weighted by atomic mass is 16.3. The van der Waals surface area contributed by atoms with Crippen molar-refractivity contribution in [2.45, 2.75) is 56.6 Å². The second-order valence-electron chi connectivity index (χ2n) is 5.77. The van der Waals surface area contributed by atoms with E-state index in [1.165, 1.54) is 0 Å². The lowest BCUT2D eigenvalue weighted by Gasteiger charge is -2.41. The van der Waals surface area contributed by atoms with E-state index >= 15 is 0 Å². The Bertz CT molecular complexity index is 275. The SMILES string of the molecule is CC1(O)CCN(C(=O)CC2(N)CCC2)CC1. The Labute approximate surface area is 96.8 Å². The smallest absolute Gasteiger partial charge is 0.224 e. The summed E-state index contributed by atoms with van der Waals surface area (Å²) in [5.41, 5.74) is 5.25. The molecule has 1 aliphatic carbocycles. The molecule has 1 aliphatic heterocycles. The van der Waals surface area contributed by atoms with Gasteiger partial charge in [0.2, 0.25) is 5.91 Å². The van der Waals surface area contributed by atoms with Crippen LogP contribution < -0.4 is 5.73 Å². The van der Waals surface area contributed by atoms with E-state index in [1.54, 1.807) is 0 Å². The van der Waals surface area contributed by atoms with Crippen LogP contribution in [0, 0.1) is 0 Å². The molecule has 4 nitrogen and oxygen atoms in total. The zero-order valence-electron chi connectivity index (χ0n) is 10.0. The fraction of sp³-hybridized carbons (Fsp3) is 0.917. The summed E-state index contributed by atoms with van der Waals surface area (Å²) < 4.78 is 0. The van der Waals surface area contributed by atoms with Crippen LogP contribution in [-0.2, 0) is 4.79 Å². The number of carbonyl (C=O) groups is 1. The van der Waals surface area contributed by atoms with E-state index in [0.29, 0.717) is 32.4 Å². The first kappa shape index (κ1) is 11.9. The van der Waals surface area contributed by atoms with Crippen LogP contribution in [0.25, 0.3) is 0 Å². The minimum absolute atomic E-state index is 0.165. The van der Waals surface area contributed by atoms with Gasteiger partial charge in [0.25, 0.3) is 0 Å². The third kappa shape index (κ3) is 2.55. The van der Waals surface area contributed by atoms with Crippen molar-refractivity contribution < 1.29 is 9.90 Å². The van der Waals surface area contributed by atoms with Gasteiger partial charge in [0.15, 0.2) is 0 Å². The van der Waals surface area contributed by atoms with E-state index < -0.39 is 5.60 Å². The van der Waals surface area contributed by atoms with Gasteiger partial charge in [-0.25, -0.2) is 0 Å². The van der Waals surface area contributed by atoms with Crippen LogP contribution in [0.15, 0.2) is 0 Å². The molecule has 0 aromatic rings. The number of aliphatic hydroxyl groups is 1. The van der Waals surface area contributed by atoms with Gasteiger partial charge in [-0.2, -0.15) is 0 Å². The van der Waals surface area contributed by atoms with Crippen molar-refractivity contribution in [3.05, 3.63) is 0 Å². The average molecular weight is 226 g/mol. The molecule has 0 spiro atoms. The molecule has 1 amide bonds. The molecule has 0 aromatic carbocycles. The molecule has 1 saturated carbocycles. The number of nitrogens with zero attached hydrogens (tertiary/aromatic N) is 1. The van der Waals surface area contributed by atoms with Gasteiger partial charge in [-0.3, -0.25) is 4.79 Å². The van der Waals surface area contributed by atoms with Crippen LogP contribution in [0.5, 0.6) is 0 Å². The number of hydrogen-bond acceptors (Lipinski definition) is 3. The van der Waals surface area contributed by atoms with Crippen molar-refractivity contribution in [1.29, 1.82) is 0 Å². The molecule has 2 rings (SSSR count). The highest BCUT2D eigenvalue weighted by Gasteiger charge is 2.37. The van der Waals surface area contributed by atoms with Crippen molar-refractivity contribution in [2.24, 2.45) is 5.73 Å². The predicted molar refractivity (Wildman–Crippen MR) is 61.8 cm³/mol. The largest absolute Gasteiger partial charge is 0.390 e. The Hall–Kier alpha value is -0.610. The topological polar surface area (TPSA) is 66.6 Å². The lowest BCUT2D eigenvalue weighted by atomic mass is 9.75. The maximum atomic E-state index is 12.0. The van der Waals surface area contributed by atoms with Gasteiger partial charge in [0.05, 0.1) is 5.60 Å². The Balaban J connectivity index is 1.82. The molecule has 3 N–H and O–H groups in total. The molecule has 0 unspecified atom stereocenters. The molecule has 0 radical (unpaired) electrons. The molecule has 0 atom stereocenters. The van der Waals surface area contributed by atoms with Crippen molar-refractivity contribution in [2.75, 3.05) is 13.1 Å². The zero-order chi connectivity index (χ0) is 11.8. The number of nitrogens with two attached hydrogens (primary N) is 1. The van der Waals surface area contributed by atoms with E-state index in [2.05, 4.69) is 0 Å². The maximum absolute atomic E-state index is 12.0. The van der Waals surface area contributed by atoms with Gasteiger partial charge in [0, 0.05) is 25.0 Å². The van der Waals surface area contributed by atoms with Crippen molar-refractivity contribution in [3.8, 4) is 0 Å². The third-order valence-corrected chi connectivity index (χ3v) is 4.05. The molecular formula is C12H22N2O2. The summed E-state index contributed by atoms with van der Waals surface area (Å²) in [6.07, 6.45) is 4.94. The van der Waals surface area contributed by atoms with Crippen LogP contribution >= 0.6 is 0 Å². The summed E-state index contributed by atoms with van der Waals surface area (Å²) in [6, 6.07) is 0. The normalized spacial score (nSPS) is 27.3. The van der Waals surface area contributed by atoms with Gasteiger partial charge in [-0.05, 0) is 39.0 Å². The summed E-state index contributed by atoms with van der Waals surface area (Å²) in [7, 11) is 0. The number of rotatable bonds is 2. The maximum Gasteiger partial charge on any atom is 0.224 e. The summed E-state index contributed by atoms with van der Waals surface area (Å²) in [5.74, 6) is 0.165. The van der Waals surface area contributed by atoms with Crippen LogP contribution in [0.2, 0.25) is 0 Å². The average Bonchev–Trinajstić information content (AvgIpc) is 2.15. The van der Waals surface area contributed by atoms with Crippen molar-refractivity contribution >= 4 is 5.91 Å². The van der Waals surface area contributed by atoms with Crippen LogP contribution in [0.3, 0.4) is 0 Å². The van der Waals surface area contributed by atoms with Crippen LogP contribution in [0.1, 0.15) is 45.4 Å². The molecule has 0 aromatic heterocycles. The number of carbonyl (C=O) groups excluding carboxylic acids is 1. The minimum Gasteiger partial charge on any atom is -0.390 e. The fourth-order valence-corrected chi connectivity index (χ4v) is 2.46. The molecular weight excluding hydrogens is 204 g/mol. The van der Waals surface area contributed by atoms with E-state index in [-0.39, 0.29) is 11.4 Å². The Morgan fingerprint density at radius 2 is 1.88 bits per heavy atom. The van der Waals surface area contributed by atoms with Gasteiger partial charge >= 0.3 is 0 Å². The van der Waals surface area contributed by atoms with Gasteiger partial charge in [0.1, 0.15) is 0 Å². The summed E-state index contributed by atoms with van der Waals surface area (Å²) in [4.78, 5) is 13.8. The third-order valence-electron chi connectivity index (χ3n) is 4.05. The molecule has 92 valence electrons. The molecule has 0 bridgehead atoms. The number of likely N-dealkylation sites (tertiary alicyclic amines) is 1. The Morgan fingerprint density at radius 3 is 2.31 bits per heavy atom. The molecule has 4 heteroatoms. The van der Waals surface area contributed by atoms with Crippen molar-refractivity contribution in [1.82, 2.24) is 4.90 Å². The second kappa shape index (κ2) is 4.00. The lowest BCUT2D eigenvalue weighted by molar-refractivity contribution is -0.137. The molecule has 1 heterocycles. The first-order valence-corrected chi connectivity index (χ1v) is 6.19. The number of piperidine rings is 1. The monoisotopic (exact) mass is 226 g/mol. The van der Waals surface area contributed by atoms with E-state index in [0.717, 1.165) is 19.3 Å². The van der Waals surface area contributed by atoms with E-state index in [1.807, 2.05) is 11.8 Å². The lowest BCUT2D eigenvalue weighted by Crippen LogP contribution is -2.52. The van der Waals surface area contributed by atoms with E-state index in [4.69, 9.17) is 5.73 Å². The van der Waals surface area contributed by atoms with Crippen LogP contribution in [-0.4, -0.2) is 40.1 Å². The van der Waals surface area contributed by atoms with Gasteiger partial charge in [-0.1, -0.05) is 0 Å². The summed E-state index contributed by atoms with van der Waals surface area (Å²) in [5, 5.41) is 9.80. The quantitative estimate of drug-likeness (QED) is 0.726. The standard InChI is InChI=1S/C12H22N2O2/c1-11(16)5-7-14(8-6-11)10(15)9-12(13)3-2-4-12/h16H,2-9,13H2,1H3. The molecule has 16 heavy (non-hydrogen) atoms. The minimum atomic E-state index is -0.590. The highest BCUT2D eigenvalue weighted by Crippen LogP contribution is 2.33. The van der Waals surface area contributed by atoms with E-state index in [9.17, 15) is 9.90 Å². The first-order chi connectivity index (χ1) is 7.40. The Morgan fingerprint density at radius 1 is 1.31 bits per heavy atom. The highest BCUT2D eigenvalue weighted by molar-refractivity contribution is 5.77. The Kier molecular flexibility index (Phi) is 2.97. The number of hydrogen-bond donors (Lipinski definition) is 2. The summed E-state index contributed by atoms with van der Waals surface area (Å²) in [6.45, 7) is 3.18. The predicted octanol–water partition coefficient (Wildman–Crippen LogP) is 0.631. The zero-order valence-corrected chi connectivity index (χ0v) is 10.0. The fourth-order valence-electron chi connectivity index (χ4n) is 2.46. The molecule has 1 saturated heterocycles. The van der Waals surface area contributed by atoms with Gasteiger partial charge in [-0.15, -0.1) is 0 Å². The molecule has 2 aliphatic rings.